The van der Waals surface area contributed by atoms with Crippen molar-refractivity contribution in [1.82, 2.24) is 9.55 Å². The number of hydrogen-bond donors (Lipinski definition) is 4. The van der Waals surface area contributed by atoms with E-state index in [2.05, 4.69) is 4.98 Å². The van der Waals surface area contributed by atoms with Gasteiger partial charge in [-0.25, -0.2) is 9.78 Å². The van der Waals surface area contributed by atoms with Crippen LogP contribution in [0.25, 0.3) is 11.0 Å². The van der Waals surface area contributed by atoms with Crippen molar-refractivity contribution in [3.8, 4) is 0 Å². The predicted octanol–water partition coefficient (Wildman–Crippen LogP) is 0.950. The third kappa shape index (κ3) is 6.15. The number of carbonyl (C=O) groups is 2. The molecule has 2 rings (SSSR count). The lowest BCUT2D eigenvalue weighted by atomic mass is 10.1. The molecule has 0 aliphatic carbocycles. The minimum atomic E-state index is -1.21. The molecule has 0 spiro atoms. The molecule has 0 saturated carbocycles. The maximum absolute atomic E-state index is 11.9. The number of carboxylic acids is 2. The molecule has 2 aromatic heterocycles. The third-order valence-electron chi connectivity index (χ3n) is 3.92. The second-order valence-corrected chi connectivity index (χ2v) is 6.02. The topological polar surface area (TPSA) is 162 Å². The number of rotatable bonds is 7. The van der Waals surface area contributed by atoms with E-state index in [1.807, 2.05) is 13.8 Å². The highest BCUT2D eigenvalue weighted by Gasteiger charge is 2.14. The number of carboxylic acid groups (broad SMARTS) is 2. The van der Waals surface area contributed by atoms with E-state index in [1.54, 1.807) is 16.7 Å². The molecule has 0 fully saturated rings. The van der Waals surface area contributed by atoms with Gasteiger partial charge in [-0.3, -0.25) is 9.59 Å². The van der Waals surface area contributed by atoms with E-state index >= 15 is 0 Å². The SMILES string of the molecule is CCn1cc(C(=O)O)c(=O)c2ccc(C)nc21.NCCCCC(N)C(=O)O. The number of pyridine rings is 2. The number of nitrogens with two attached hydrogens (primary N) is 2. The summed E-state index contributed by atoms with van der Waals surface area (Å²) in [5, 5.41) is 17.6. The first-order valence-corrected chi connectivity index (χ1v) is 8.65. The van der Waals surface area contributed by atoms with Crippen LogP contribution < -0.4 is 16.9 Å². The first kappa shape index (κ1) is 22.3. The molecule has 0 bridgehead atoms. The van der Waals surface area contributed by atoms with Crippen LogP contribution in [0.15, 0.2) is 23.1 Å². The molecule has 6 N–H and O–H groups in total. The number of unbranched alkanes of at least 4 members (excludes halogenated alkanes) is 1. The molecule has 0 aromatic carbocycles. The van der Waals surface area contributed by atoms with Crippen LogP contribution in [0.2, 0.25) is 0 Å². The molecule has 2 heterocycles. The van der Waals surface area contributed by atoms with Gasteiger partial charge in [0.25, 0.3) is 0 Å². The van der Waals surface area contributed by atoms with Gasteiger partial charge in [-0.15, -0.1) is 0 Å². The normalized spacial score (nSPS) is 11.6. The van der Waals surface area contributed by atoms with E-state index in [0.717, 1.165) is 18.5 Å². The molecule has 0 aliphatic heterocycles. The van der Waals surface area contributed by atoms with Gasteiger partial charge in [0.15, 0.2) is 0 Å². The van der Waals surface area contributed by atoms with E-state index in [0.29, 0.717) is 30.5 Å². The number of aryl methyl sites for hydroxylation is 2. The lowest BCUT2D eigenvalue weighted by molar-refractivity contribution is -0.138. The Labute approximate surface area is 156 Å². The molecule has 148 valence electrons. The summed E-state index contributed by atoms with van der Waals surface area (Å²) >= 11 is 0. The number of nitrogens with zero attached hydrogens (tertiary/aromatic N) is 2. The maximum atomic E-state index is 11.9. The molecule has 9 nitrogen and oxygen atoms in total. The van der Waals surface area contributed by atoms with Gasteiger partial charge in [0.1, 0.15) is 17.3 Å². The summed E-state index contributed by atoms with van der Waals surface area (Å²) in [4.78, 5) is 37.3. The number of aromatic nitrogens is 2. The Morgan fingerprint density at radius 1 is 1.26 bits per heavy atom. The van der Waals surface area contributed by atoms with Gasteiger partial charge in [-0.1, -0.05) is 6.42 Å². The smallest absolute Gasteiger partial charge is 0.341 e. The van der Waals surface area contributed by atoms with Crippen molar-refractivity contribution in [2.45, 2.75) is 45.7 Å². The van der Waals surface area contributed by atoms with Crippen LogP contribution in [0, 0.1) is 6.92 Å². The van der Waals surface area contributed by atoms with E-state index in [1.165, 1.54) is 6.20 Å². The zero-order valence-electron chi connectivity index (χ0n) is 15.5. The fraction of sp³-hybridized carbons (Fsp3) is 0.444. The summed E-state index contributed by atoms with van der Waals surface area (Å²) < 4.78 is 1.67. The van der Waals surface area contributed by atoms with Crippen molar-refractivity contribution in [3.63, 3.8) is 0 Å². The van der Waals surface area contributed by atoms with Crippen LogP contribution in [-0.2, 0) is 11.3 Å². The lowest BCUT2D eigenvalue weighted by Crippen LogP contribution is -2.29. The zero-order valence-corrected chi connectivity index (χ0v) is 15.5. The second-order valence-electron chi connectivity index (χ2n) is 6.02. The van der Waals surface area contributed by atoms with E-state index < -0.39 is 23.4 Å². The Kier molecular flexibility index (Phi) is 8.57. The van der Waals surface area contributed by atoms with E-state index in [4.69, 9.17) is 21.7 Å². The molecule has 27 heavy (non-hydrogen) atoms. The largest absolute Gasteiger partial charge is 0.480 e. The van der Waals surface area contributed by atoms with Gasteiger partial charge in [0.05, 0.1) is 5.39 Å². The molecule has 0 radical (unpaired) electrons. The minimum Gasteiger partial charge on any atom is -0.480 e. The molecular formula is C18H26N4O5. The summed E-state index contributed by atoms with van der Waals surface area (Å²) in [5.41, 5.74) is 11.0. The quantitative estimate of drug-likeness (QED) is 0.518. The summed E-state index contributed by atoms with van der Waals surface area (Å²) in [5.74, 6) is -2.14. The van der Waals surface area contributed by atoms with Gasteiger partial charge in [-0.05, 0) is 45.4 Å². The Bertz CT molecular complexity index is 863. The highest BCUT2D eigenvalue weighted by Crippen LogP contribution is 2.10. The van der Waals surface area contributed by atoms with Crippen LogP contribution in [-0.4, -0.2) is 44.3 Å². The standard InChI is InChI=1S/C12H12N2O3.C6H14N2O2/c1-3-14-6-9(12(16)17)10(15)8-5-4-7(2)13-11(8)14;7-4-2-1-3-5(8)6(9)10/h4-6H,3H2,1-2H3,(H,16,17);5H,1-4,7-8H2,(H,9,10). The van der Waals surface area contributed by atoms with E-state index in [-0.39, 0.29) is 5.56 Å². The van der Waals surface area contributed by atoms with Crippen molar-refractivity contribution in [2.24, 2.45) is 11.5 Å². The summed E-state index contributed by atoms with van der Waals surface area (Å²) in [7, 11) is 0. The summed E-state index contributed by atoms with van der Waals surface area (Å²) in [6.07, 6.45) is 3.51. The monoisotopic (exact) mass is 378 g/mol. The van der Waals surface area contributed by atoms with Gasteiger partial charge in [0.2, 0.25) is 5.43 Å². The van der Waals surface area contributed by atoms with E-state index in [9.17, 15) is 14.4 Å². The van der Waals surface area contributed by atoms with Gasteiger partial charge in [-0.2, -0.15) is 0 Å². The molecule has 2 aromatic rings. The van der Waals surface area contributed by atoms with Crippen molar-refractivity contribution < 1.29 is 19.8 Å². The van der Waals surface area contributed by atoms with Crippen molar-refractivity contribution in [1.29, 1.82) is 0 Å². The Morgan fingerprint density at radius 2 is 1.93 bits per heavy atom. The summed E-state index contributed by atoms with van der Waals surface area (Å²) in [6.45, 7) is 4.87. The molecule has 9 heteroatoms. The Hall–Kier alpha value is -2.78. The lowest BCUT2D eigenvalue weighted by Gasteiger charge is -2.09. The molecule has 0 amide bonds. The number of hydrogen-bond acceptors (Lipinski definition) is 6. The highest BCUT2D eigenvalue weighted by atomic mass is 16.4. The van der Waals surface area contributed by atoms with Crippen molar-refractivity contribution in [3.05, 3.63) is 39.8 Å². The Balaban J connectivity index is 0.000000314. The van der Waals surface area contributed by atoms with Crippen LogP contribution in [0.1, 0.15) is 42.2 Å². The first-order valence-electron chi connectivity index (χ1n) is 8.65. The van der Waals surface area contributed by atoms with Crippen molar-refractivity contribution in [2.75, 3.05) is 6.54 Å². The van der Waals surface area contributed by atoms with Crippen molar-refractivity contribution >= 4 is 23.0 Å². The average Bonchev–Trinajstić information content (AvgIpc) is 2.62. The van der Waals surface area contributed by atoms with Crippen LogP contribution in [0.5, 0.6) is 0 Å². The zero-order chi connectivity index (χ0) is 20.6. The number of aliphatic carboxylic acids is 1. The average molecular weight is 378 g/mol. The Morgan fingerprint density at radius 3 is 2.44 bits per heavy atom. The number of fused-ring (bicyclic) bond motifs is 1. The van der Waals surface area contributed by atoms with Gasteiger partial charge < -0.3 is 26.2 Å². The fourth-order valence-corrected chi connectivity index (χ4v) is 2.39. The third-order valence-corrected chi connectivity index (χ3v) is 3.92. The van der Waals surface area contributed by atoms with Gasteiger partial charge in [0, 0.05) is 18.4 Å². The predicted molar refractivity (Wildman–Crippen MR) is 102 cm³/mol. The maximum Gasteiger partial charge on any atom is 0.341 e. The van der Waals surface area contributed by atoms with Gasteiger partial charge >= 0.3 is 11.9 Å². The molecule has 0 saturated heterocycles. The first-order chi connectivity index (χ1) is 12.7. The molecular weight excluding hydrogens is 352 g/mol. The highest BCUT2D eigenvalue weighted by molar-refractivity contribution is 5.91. The molecule has 0 aliphatic rings. The van der Waals surface area contributed by atoms with Crippen LogP contribution >= 0.6 is 0 Å². The molecule has 1 atom stereocenters. The second kappa shape index (κ2) is 10.4. The summed E-state index contributed by atoms with van der Waals surface area (Å²) in [6, 6.07) is 2.61. The fourth-order valence-electron chi connectivity index (χ4n) is 2.39. The minimum absolute atomic E-state index is 0.218. The number of aromatic carboxylic acids is 1. The van der Waals surface area contributed by atoms with Crippen LogP contribution in [0.4, 0.5) is 0 Å². The molecule has 1 unspecified atom stereocenters. The van der Waals surface area contributed by atoms with Crippen LogP contribution in [0.3, 0.4) is 0 Å².